The van der Waals surface area contributed by atoms with Crippen LogP contribution in [0.25, 0.3) is 4.85 Å². The zero-order valence-electron chi connectivity index (χ0n) is 6.65. The Kier molecular flexibility index (Phi) is 3.71. The molecule has 0 fully saturated rings. The fourth-order valence-corrected chi connectivity index (χ4v) is 1.68. The van der Waals surface area contributed by atoms with Gasteiger partial charge in [0.1, 0.15) is 5.82 Å². The van der Waals surface area contributed by atoms with E-state index in [1.165, 1.54) is 12.1 Å². The first kappa shape index (κ1) is 10.5. The van der Waals surface area contributed by atoms with Crippen molar-refractivity contribution in [3.05, 3.63) is 40.0 Å². The van der Waals surface area contributed by atoms with Crippen molar-refractivity contribution in [2.75, 3.05) is 5.33 Å². The Bertz CT molecular complexity index is 359. The summed E-state index contributed by atoms with van der Waals surface area (Å²) in [4.78, 5) is 3.19. The number of hydrogen-bond donors (Lipinski definition) is 0. The van der Waals surface area contributed by atoms with Crippen molar-refractivity contribution in [3.63, 3.8) is 0 Å². The van der Waals surface area contributed by atoms with Gasteiger partial charge in [-0.15, -0.1) is 0 Å². The van der Waals surface area contributed by atoms with Crippen molar-refractivity contribution in [1.29, 1.82) is 0 Å². The van der Waals surface area contributed by atoms with Gasteiger partial charge in [0.2, 0.25) is 5.69 Å². The Morgan fingerprint density at radius 2 is 2.23 bits per heavy atom. The van der Waals surface area contributed by atoms with Crippen LogP contribution in [-0.2, 0) is 6.42 Å². The van der Waals surface area contributed by atoms with E-state index in [2.05, 4.69) is 20.8 Å². The maximum absolute atomic E-state index is 13.1. The van der Waals surface area contributed by atoms with E-state index in [4.69, 9.17) is 18.2 Å². The highest BCUT2D eigenvalue weighted by Crippen LogP contribution is 2.30. The van der Waals surface area contributed by atoms with Crippen molar-refractivity contribution in [2.24, 2.45) is 0 Å². The van der Waals surface area contributed by atoms with Crippen LogP contribution >= 0.6 is 27.5 Å². The topological polar surface area (TPSA) is 4.36 Å². The largest absolute Gasteiger partial charge is 0.237 e. The summed E-state index contributed by atoms with van der Waals surface area (Å²) in [6.07, 6.45) is 0.494. The maximum Gasteiger partial charge on any atom is 0.205 e. The van der Waals surface area contributed by atoms with Gasteiger partial charge in [0, 0.05) is 5.33 Å². The second-order valence-electron chi connectivity index (χ2n) is 2.41. The highest BCUT2D eigenvalue weighted by molar-refractivity contribution is 9.09. The standard InChI is InChI=1S/C9H6BrClFN/c1-13-8-3-2-7(12)6(4-5-10)9(8)11/h2-3H,4-5H2. The van der Waals surface area contributed by atoms with Crippen molar-refractivity contribution in [2.45, 2.75) is 6.42 Å². The molecule has 13 heavy (non-hydrogen) atoms. The van der Waals surface area contributed by atoms with Crippen LogP contribution in [0.5, 0.6) is 0 Å². The molecule has 0 aromatic heterocycles. The molecule has 1 nitrogen and oxygen atoms in total. The van der Waals surface area contributed by atoms with E-state index >= 15 is 0 Å². The van der Waals surface area contributed by atoms with Gasteiger partial charge < -0.3 is 0 Å². The van der Waals surface area contributed by atoms with Crippen LogP contribution in [0, 0.1) is 12.4 Å². The first-order valence-electron chi connectivity index (χ1n) is 3.61. The Balaban J connectivity index is 3.23. The van der Waals surface area contributed by atoms with E-state index in [9.17, 15) is 4.39 Å². The summed E-state index contributed by atoms with van der Waals surface area (Å²) in [5, 5.41) is 0.861. The summed E-state index contributed by atoms with van der Waals surface area (Å²) < 4.78 is 13.1. The molecule has 0 amide bonds. The van der Waals surface area contributed by atoms with Crippen LogP contribution in [0.15, 0.2) is 12.1 Å². The summed E-state index contributed by atoms with van der Waals surface area (Å²) in [6, 6.07) is 2.67. The molecular weight excluding hydrogens is 256 g/mol. The predicted octanol–water partition coefficient (Wildman–Crippen LogP) is 3.97. The molecule has 0 radical (unpaired) electrons. The third kappa shape index (κ3) is 2.20. The van der Waals surface area contributed by atoms with Gasteiger partial charge >= 0.3 is 0 Å². The average molecular weight is 263 g/mol. The smallest absolute Gasteiger partial charge is 0.205 e. The maximum atomic E-state index is 13.1. The van der Waals surface area contributed by atoms with E-state index < -0.39 is 0 Å². The van der Waals surface area contributed by atoms with Crippen molar-refractivity contribution >= 4 is 33.2 Å². The molecule has 0 aliphatic carbocycles. The second-order valence-corrected chi connectivity index (χ2v) is 3.58. The summed E-state index contributed by atoms with van der Waals surface area (Å²) in [5.41, 5.74) is 0.714. The molecule has 0 aliphatic heterocycles. The quantitative estimate of drug-likeness (QED) is 0.561. The number of benzene rings is 1. The summed E-state index contributed by atoms with van der Waals surface area (Å²) in [6.45, 7) is 6.79. The van der Waals surface area contributed by atoms with E-state index in [1.807, 2.05) is 0 Å². The molecular formula is C9H6BrClFN. The lowest BCUT2D eigenvalue weighted by molar-refractivity contribution is 0.613. The van der Waals surface area contributed by atoms with Crippen LogP contribution < -0.4 is 0 Å². The van der Waals surface area contributed by atoms with Gasteiger partial charge in [0.25, 0.3) is 0 Å². The number of hydrogen-bond acceptors (Lipinski definition) is 0. The van der Waals surface area contributed by atoms with E-state index in [-0.39, 0.29) is 10.8 Å². The van der Waals surface area contributed by atoms with Gasteiger partial charge in [-0.2, -0.15) is 0 Å². The fraction of sp³-hybridized carbons (Fsp3) is 0.222. The molecule has 68 valence electrons. The molecule has 0 heterocycles. The van der Waals surface area contributed by atoms with Crippen LogP contribution in [-0.4, -0.2) is 5.33 Å². The van der Waals surface area contributed by atoms with Gasteiger partial charge in [0.05, 0.1) is 11.6 Å². The van der Waals surface area contributed by atoms with Gasteiger partial charge in [-0.25, -0.2) is 9.24 Å². The van der Waals surface area contributed by atoms with Gasteiger partial charge in [-0.1, -0.05) is 33.6 Å². The summed E-state index contributed by atoms with van der Waals surface area (Å²) >= 11 is 9.02. The molecule has 0 aliphatic rings. The van der Waals surface area contributed by atoms with Crippen LogP contribution in [0.2, 0.25) is 5.02 Å². The molecule has 0 bridgehead atoms. The summed E-state index contributed by atoms with van der Waals surface area (Å²) in [7, 11) is 0. The van der Waals surface area contributed by atoms with E-state index in [1.54, 1.807) is 0 Å². The molecule has 0 saturated carbocycles. The predicted molar refractivity (Wildman–Crippen MR) is 55.2 cm³/mol. The second kappa shape index (κ2) is 4.59. The first-order valence-corrected chi connectivity index (χ1v) is 5.11. The molecule has 1 aromatic rings. The van der Waals surface area contributed by atoms with Crippen molar-refractivity contribution < 1.29 is 4.39 Å². The van der Waals surface area contributed by atoms with Crippen LogP contribution in [0.3, 0.4) is 0 Å². The molecule has 0 N–H and O–H groups in total. The first-order chi connectivity index (χ1) is 6.20. The number of halogens is 3. The lowest BCUT2D eigenvalue weighted by atomic mass is 10.1. The molecule has 4 heteroatoms. The average Bonchev–Trinajstić information content (AvgIpc) is 2.12. The third-order valence-corrected chi connectivity index (χ3v) is 2.45. The molecule has 0 spiro atoms. The number of rotatable bonds is 2. The minimum atomic E-state index is -0.350. The Morgan fingerprint density at radius 3 is 2.77 bits per heavy atom. The Morgan fingerprint density at radius 1 is 1.54 bits per heavy atom. The Hall–Kier alpha value is -0.590. The van der Waals surface area contributed by atoms with Crippen LogP contribution in [0.1, 0.15) is 5.56 Å². The van der Waals surface area contributed by atoms with Crippen molar-refractivity contribution in [1.82, 2.24) is 0 Å². The Labute approximate surface area is 89.5 Å². The SMILES string of the molecule is [C-]#[N+]c1ccc(F)c(CCBr)c1Cl. The highest BCUT2D eigenvalue weighted by Gasteiger charge is 2.10. The van der Waals surface area contributed by atoms with Crippen LogP contribution in [0.4, 0.5) is 10.1 Å². The lowest BCUT2D eigenvalue weighted by Crippen LogP contribution is -1.92. The minimum absolute atomic E-state index is 0.231. The highest BCUT2D eigenvalue weighted by atomic mass is 79.9. The zero-order valence-corrected chi connectivity index (χ0v) is 8.99. The molecule has 1 rings (SSSR count). The lowest BCUT2D eigenvalue weighted by Gasteiger charge is -2.04. The van der Waals surface area contributed by atoms with Crippen molar-refractivity contribution in [3.8, 4) is 0 Å². The number of nitrogens with zero attached hydrogens (tertiary/aromatic N) is 1. The van der Waals surface area contributed by atoms with Gasteiger partial charge in [0.15, 0.2) is 0 Å². The number of alkyl halides is 1. The molecule has 1 aromatic carbocycles. The fourth-order valence-electron chi connectivity index (χ4n) is 0.995. The zero-order chi connectivity index (χ0) is 9.84. The molecule has 0 atom stereocenters. The molecule has 0 saturated heterocycles. The third-order valence-electron chi connectivity index (χ3n) is 1.63. The molecule has 0 unspecified atom stereocenters. The minimum Gasteiger partial charge on any atom is -0.237 e. The summed E-state index contributed by atoms with van der Waals surface area (Å²) in [5.74, 6) is -0.350. The normalized spacial score (nSPS) is 9.69. The monoisotopic (exact) mass is 261 g/mol. The van der Waals surface area contributed by atoms with Gasteiger partial charge in [-0.3, -0.25) is 0 Å². The van der Waals surface area contributed by atoms with Gasteiger partial charge in [-0.05, 0) is 18.1 Å². The van der Waals surface area contributed by atoms with E-state index in [0.717, 1.165) is 0 Å². The van der Waals surface area contributed by atoms with E-state index in [0.29, 0.717) is 23.0 Å².